The van der Waals surface area contributed by atoms with Crippen molar-refractivity contribution in [1.82, 2.24) is 10.2 Å². The molecule has 9 heteroatoms. The molecule has 0 aromatic heterocycles. The van der Waals surface area contributed by atoms with E-state index in [0.29, 0.717) is 0 Å². The summed E-state index contributed by atoms with van der Waals surface area (Å²) in [6.07, 6.45) is 0.736. The molecule has 0 fully saturated rings. The number of aryl methyl sites for hydroxylation is 1. The SMILES string of the molecule is CC[C@H](C)NC(=O)[C@@H](C)N(Cc1cccc(C)c1)C(=O)CN(c1ccccc1Cl)S(=O)(=O)c1ccccc1. The highest BCUT2D eigenvalue weighted by molar-refractivity contribution is 7.92. The topological polar surface area (TPSA) is 86.8 Å². The van der Waals surface area contributed by atoms with Crippen molar-refractivity contribution in [3.8, 4) is 0 Å². The van der Waals surface area contributed by atoms with Crippen molar-refractivity contribution < 1.29 is 18.0 Å². The van der Waals surface area contributed by atoms with Gasteiger partial charge < -0.3 is 10.2 Å². The largest absolute Gasteiger partial charge is 0.352 e. The Kier molecular flexibility index (Phi) is 9.94. The van der Waals surface area contributed by atoms with Gasteiger partial charge in [0.2, 0.25) is 11.8 Å². The van der Waals surface area contributed by atoms with E-state index >= 15 is 0 Å². The Balaban J connectivity index is 2.03. The number of amides is 2. The number of hydrogen-bond donors (Lipinski definition) is 1. The van der Waals surface area contributed by atoms with Crippen LogP contribution in [0.3, 0.4) is 0 Å². The van der Waals surface area contributed by atoms with Crippen molar-refractivity contribution in [3.05, 3.63) is 95.0 Å². The molecule has 0 bridgehead atoms. The predicted molar refractivity (Wildman–Crippen MR) is 152 cm³/mol. The second-order valence-corrected chi connectivity index (χ2v) is 11.6. The Labute approximate surface area is 230 Å². The van der Waals surface area contributed by atoms with E-state index in [9.17, 15) is 18.0 Å². The van der Waals surface area contributed by atoms with Gasteiger partial charge in [0, 0.05) is 12.6 Å². The average Bonchev–Trinajstić information content (AvgIpc) is 2.90. The highest BCUT2D eigenvalue weighted by Crippen LogP contribution is 2.30. The number of nitrogens with zero attached hydrogens (tertiary/aromatic N) is 2. The van der Waals surface area contributed by atoms with Crippen LogP contribution >= 0.6 is 11.6 Å². The lowest BCUT2D eigenvalue weighted by molar-refractivity contribution is -0.139. The Hall–Kier alpha value is -3.36. The van der Waals surface area contributed by atoms with E-state index in [1.54, 1.807) is 49.4 Å². The van der Waals surface area contributed by atoms with E-state index in [4.69, 9.17) is 11.6 Å². The summed E-state index contributed by atoms with van der Waals surface area (Å²) < 4.78 is 28.5. The molecule has 0 aliphatic rings. The highest BCUT2D eigenvalue weighted by Gasteiger charge is 2.33. The zero-order chi connectivity index (χ0) is 27.9. The molecule has 0 radical (unpaired) electrons. The van der Waals surface area contributed by atoms with Crippen molar-refractivity contribution in [2.75, 3.05) is 10.8 Å². The van der Waals surface area contributed by atoms with Gasteiger partial charge in [-0.1, -0.05) is 78.7 Å². The Bertz CT molecular complexity index is 1370. The standard InChI is InChI=1S/C29H34ClN3O4S/c1-5-22(3)31-29(35)23(4)32(19-24-13-11-12-21(2)18-24)28(34)20-33(27-17-10-9-16-26(27)30)38(36,37)25-14-7-6-8-15-25/h6-18,22-23H,5,19-20H2,1-4H3,(H,31,35)/t22-,23+/m0/s1. The summed E-state index contributed by atoms with van der Waals surface area (Å²) in [6.45, 7) is 7.05. The molecule has 38 heavy (non-hydrogen) atoms. The van der Waals surface area contributed by atoms with Crippen LogP contribution in [0, 0.1) is 6.92 Å². The number of anilines is 1. The first kappa shape index (κ1) is 29.2. The maximum absolute atomic E-state index is 13.9. The fourth-order valence-corrected chi connectivity index (χ4v) is 5.68. The number of para-hydroxylation sites is 1. The number of benzene rings is 3. The molecule has 0 heterocycles. The van der Waals surface area contributed by atoms with Crippen molar-refractivity contribution in [2.24, 2.45) is 0 Å². The number of rotatable bonds is 11. The number of halogens is 1. The van der Waals surface area contributed by atoms with Crippen LogP contribution in [-0.4, -0.2) is 43.8 Å². The summed E-state index contributed by atoms with van der Waals surface area (Å²) >= 11 is 6.41. The molecule has 3 aromatic rings. The van der Waals surface area contributed by atoms with Crippen LogP contribution < -0.4 is 9.62 Å². The zero-order valence-corrected chi connectivity index (χ0v) is 23.7. The highest BCUT2D eigenvalue weighted by atomic mass is 35.5. The summed E-state index contributed by atoms with van der Waals surface area (Å²) in [5.41, 5.74) is 2.02. The van der Waals surface area contributed by atoms with Gasteiger partial charge in [0.25, 0.3) is 10.0 Å². The summed E-state index contributed by atoms with van der Waals surface area (Å²) in [4.78, 5) is 28.4. The smallest absolute Gasteiger partial charge is 0.264 e. The first-order chi connectivity index (χ1) is 18.0. The summed E-state index contributed by atoms with van der Waals surface area (Å²) in [7, 11) is -4.15. The molecule has 1 N–H and O–H groups in total. The van der Waals surface area contributed by atoms with Gasteiger partial charge in [-0.05, 0) is 57.0 Å². The zero-order valence-electron chi connectivity index (χ0n) is 22.1. The van der Waals surface area contributed by atoms with Gasteiger partial charge in [-0.2, -0.15) is 0 Å². The Morgan fingerprint density at radius 3 is 2.24 bits per heavy atom. The minimum atomic E-state index is -4.15. The van der Waals surface area contributed by atoms with Gasteiger partial charge in [-0.15, -0.1) is 0 Å². The lowest BCUT2D eigenvalue weighted by Gasteiger charge is -2.32. The van der Waals surface area contributed by atoms with E-state index < -0.39 is 28.5 Å². The molecule has 202 valence electrons. The third-order valence-electron chi connectivity index (χ3n) is 6.33. The maximum Gasteiger partial charge on any atom is 0.264 e. The molecule has 3 aromatic carbocycles. The summed E-state index contributed by atoms with van der Waals surface area (Å²) in [5.74, 6) is -0.840. The molecular weight excluding hydrogens is 522 g/mol. The molecule has 2 amide bonds. The van der Waals surface area contributed by atoms with E-state index in [0.717, 1.165) is 21.9 Å². The lowest BCUT2D eigenvalue weighted by Crippen LogP contribution is -2.52. The molecular formula is C29H34ClN3O4S. The Morgan fingerprint density at radius 1 is 0.947 bits per heavy atom. The van der Waals surface area contributed by atoms with Crippen LogP contribution in [0.5, 0.6) is 0 Å². The first-order valence-corrected chi connectivity index (χ1v) is 14.3. The minimum absolute atomic E-state index is 0.0283. The fourth-order valence-electron chi connectivity index (χ4n) is 3.94. The third kappa shape index (κ3) is 7.14. The quantitative estimate of drug-likeness (QED) is 0.353. The second kappa shape index (κ2) is 12.9. The number of carbonyl (C=O) groups is 2. The van der Waals surface area contributed by atoms with Gasteiger partial charge in [-0.25, -0.2) is 8.42 Å². The Morgan fingerprint density at radius 2 is 1.61 bits per heavy atom. The van der Waals surface area contributed by atoms with Crippen molar-refractivity contribution in [3.63, 3.8) is 0 Å². The number of sulfonamides is 1. The van der Waals surface area contributed by atoms with Crippen LogP contribution in [-0.2, 0) is 26.2 Å². The summed E-state index contributed by atoms with van der Waals surface area (Å²) in [5, 5.41) is 3.11. The first-order valence-electron chi connectivity index (χ1n) is 12.5. The monoisotopic (exact) mass is 555 g/mol. The molecule has 3 rings (SSSR count). The minimum Gasteiger partial charge on any atom is -0.352 e. The van der Waals surface area contributed by atoms with Crippen LogP contribution in [0.4, 0.5) is 5.69 Å². The van der Waals surface area contributed by atoms with Gasteiger partial charge in [0.15, 0.2) is 0 Å². The van der Waals surface area contributed by atoms with E-state index in [2.05, 4.69) is 5.32 Å². The molecule has 0 spiro atoms. The molecule has 7 nitrogen and oxygen atoms in total. The predicted octanol–water partition coefficient (Wildman–Crippen LogP) is 5.18. The van der Waals surface area contributed by atoms with Gasteiger partial charge in [0.1, 0.15) is 12.6 Å². The molecule has 0 aliphatic carbocycles. The summed E-state index contributed by atoms with van der Waals surface area (Å²) in [6, 6.07) is 21.1. The van der Waals surface area contributed by atoms with Gasteiger partial charge in [-0.3, -0.25) is 13.9 Å². The molecule has 0 saturated heterocycles. The normalized spacial score (nSPS) is 12.9. The van der Waals surface area contributed by atoms with Crippen LogP contribution in [0.15, 0.2) is 83.8 Å². The average molecular weight is 556 g/mol. The van der Waals surface area contributed by atoms with Gasteiger partial charge >= 0.3 is 0 Å². The van der Waals surface area contributed by atoms with E-state index in [1.807, 2.05) is 45.0 Å². The molecule has 0 unspecified atom stereocenters. The molecule has 0 saturated carbocycles. The van der Waals surface area contributed by atoms with Crippen molar-refractivity contribution in [1.29, 1.82) is 0 Å². The molecule has 2 atom stereocenters. The lowest BCUT2D eigenvalue weighted by atomic mass is 10.1. The van der Waals surface area contributed by atoms with Crippen LogP contribution in [0.1, 0.15) is 38.3 Å². The second-order valence-electron chi connectivity index (χ2n) is 9.28. The number of hydrogen-bond acceptors (Lipinski definition) is 4. The van der Waals surface area contributed by atoms with E-state index in [1.165, 1.54) is 17.0 Å². The maximum atomic E-state index is 13.9. The number of nitrogens with one attached hydrogen (secondary N) is 1. The van der Waals surface area contributed by atoms with E-state index in [-0.39, 0.29) is 34.1 Å². The third-order valence-corrected chi connectivity index (χ3v) is 8.43. The number of carbonyl (C=O) groups excluding carboxylic acids is 2. The van der Waals surface area contributed by atoms with Crippen LogP contribution in [0.2, 0.25) is 5.02 Å². The molecule has 0 aliphatic heterocycles. The van der Waals surface area contributed by atoms with Gasteiger partial charge in [0.05, 0.1) is 15.6 Å². The van der Waals surface area contributed by atoms with Crippen LogP contribution in [0.25, 0.3) is 0 Å². The van der Waals surface area contributed by atoms with Crippen molar-refractivity contribution >= 4 is 39.1 Å². The fraction of sp³-hybridized carbons (Fsp3) is 0.310. The van der Waals surface area contributed by atoms with Crippen molar-refractivity contribution in [2.45, 2.75) is 57.6 Å².